The minimum atomic E-state index is 0.619. The maximum atomic E-state index is 6.24. The van der Waals surface area contributed by atoms with Gasteiger partial charge in [-0.1, -0.05) is 109 Å². The first kappa shape index (κ1) is 25.4. The summed E-state index contributed by atoms with van der Waals surface area (Å²) in [4.78, 5) is 15.4. The minimum Gasteiger partial charge on any atom is -0.456 e. The molecule has 0 bridgehead atoms. The second-order valence-corrected chi connectivity index (χ2v) is 12.7. The van der Waals surface area contributed by atoms with Crippen LogP contribution in [0.3, 0.4) is 0 Å². The monoisotopic (exact) mass is 605 g/mol. The third kappa shape index (κ3) is 3.82. The van der Waals surface area contributed by atoms with Crippen LogP contribution in [-0.2, 0) is 0 Å². The fourth-order valence-electron chi connectivity index (χ4n) is 6.81. The van der Waals surface area contributed by atoms with E-state index in [1.54, 1.807) is 0 Å². The van der Waals surface area contributed by atoms with Crippen LogP contribution in [0.15, 0.2) is 144 Å². The van der Waals surface area contributed by atoms with Crippen molar-refractivity contribution in [3.8, 4) is 34.2 Å². The molecule has 4 nitrogen and oxygen atoms in total. The van der Waals surface area contributed by atoms with Gasteiger partial charge in [-0.2, -0.15) is 0 Å². The van der Waals surface area contributed by atoms with Crippen molar-refractivity contribution >= 4 is 75.0 Å². The lowest BCUT2D eigenvalue weighted by molar-refractivity contribution is 0.669. The predicted octanol–water partition coefficient (Wildman–Crippen LogP) is 11.4. The smallest absolute Gasteiger partial charge is 0.164 e. The third-order valence-corrected chi connectivity index (χ3v) is 10.0. The third-order valence-electron chi connectivity index (χ3n) is 8.91. The molecule has 0 aliphatic rings. The van der Waals surface area contributed by atoms with Crippen LogP contribution < -0.4 is 0 Å². The zero-order chi connectivity index (χ0) is 30.2. The highest BCUT2D eigenvalue weighted by Gasteiger charge is 2.20. The first-order valence-corrected chi connectivity index (χ1v) is 16.1. The Morgan fingerprint density at radius 1 is 0.413 bits per heavy atom. The van der Waals surface area contributed by atoms with Crippen molar-refractivity contribution in [1.82, 2.24) is 15.0 Å². The quantitative estimate of drug-likeness (QED) is 0.188. The highest BCUT2D eigenvalue weighted by atomic mass is 32.1. The molecule has 0 radical (unpaired) electrons. The number of thiophene rings is 1. The maximum absolute atomic E-state index is 6.24. The first-order valence-electron chi connectivity index (χ1n) is 15.3. The van der Waals surface area contributed by atoms with Gasteiger partial charge in [-0.25, -0.2) is 15.0 Å². The van der Waals surface area contributed by atoms with Crippen LogP contribution in [0.4, 0.5) is 0 Å². The van der Waals surface area contributed by atoms with Crippen LogP contribution in [-0.4, -0.2) is 15.0 Å². The molecule has 0 saturated carbocycles. The van der Waals surface area contributed by atoms with Crippen LogP contribution in [0, 0.1) is 0 Å². The number of nitrogens with zero attached hydrogens (tertiary/aromatic N) is 3. The lowest BCUT2D eigenvalue weighted by Crippen LogP contribution is -2.00. The summed E-state index contributed by atoms with van der Waals surface area (Å²) in [5.41, 5.74) is 4.51. The molecule has 3 heterocycles. The van der Waals surface area contributed by atoms with Gasteiger partial charge < -0.3 is 4.42 Å². The van der Waals surface area contributed by atoms with Crippen molar-refractivity contribution in [3.05, 3.63) is 140 Å². The van der Waals surface area contributed by atoms with Gasteiger partial charge in [-0.3, -0.25) is 0 Å². The highest BCUT2D eigenvalue weighted by molar-refractivity contribution is 7.26. The summed E-state index contributed by atoms with van der Waals surface area (Å²) in [5.74, 6) is 1.91. The van der Waals surface area contributed by atoms with Crippen molar-refractivity contribution in [2.24, 2.45) is 0 Å². The lowest BCUT2D eigenvalue weighted by atomic mass is 9.98. The maximum Gasteiger partial charge on any atom is 0.164 e. The van der Waals surface area contributed by atoms with Crippen molar-refractivity contribution in [2.75, 3.05) is 0 Å². The Balaban J connectivity index is 1.28. The van der Waals surface area contributed by atoms with Crippen LogP contribution in [0.25, 0.3) is 97.8 Å². The summed E-state index contributed by atoms with van der Waals surface area (Å²) in [6, 6.07) is 48.5. The van der Waals surface area contributed by atoms with Gasteiger partial charge in [0, 0.05) is 47.6 Å². The van der Waals surface area contributed by atoms with Gasteiger partial charge in [-0.05, 0) is 51.9 Å². The fourth-order valence-corrected chi connectivity index (χ4v) is 7.97. The van der Waals surface area contributed by atoms with E-state index >= 15 is 0 Å². The Labute approximate surface area is 267 Å². The summed E-state index contributed by atoms with van der Waals surface area (Å²) < 4.78 is 8.69. The Kier molecular flexibility index (Phi) is 5.41. The van der Waals surface area contributed by atoms with Gasteiger partial charge in [0.25, 0.3) is 0 Å². The SMILES string of the molecule is c1ccc(-c2nc(-c3cccc4oc5ccccc5c34)nc(-c3cccc4sc5cc6ccc7ccccc7c6cc5c34)n2)cc1. The number of hydrogen-bond donors (Lipinski definition) is 0. The molecular formula is C41H23N3OS. The molecule has 5 heteroatoms. The highest BCUT2D eigenvalue weighted by Crippen LogP contribution is 2.43. The van der Waals surface area contributed by atoms with E-state index in [0.717, 1.165) is 38.6 Å². The topological polar surface area (TPSA) is 51.8 Å². The average molecular weight is 606 g/mol. The summed E-state index contributed by atoms with van der Waals surface area (Å²) in [6.07, 6.45) is 0. The normalized spacial score (nSPS) is 11.9. The summed E-state index contributed by atoms with van der Waals surface area (Å²) in [6.45, 7) is 0. The van der Waals surface area contributed by atoms with E-state index in [2.05, 4.69) is 91.0 Å². The Morgan fingerprint density at radius 3 is 1.96 bits per heavy atom. The Morgan fingerprint density at radius 2 is 1.09 bits per heavy atom. The largest absolute Gasteiger partial charge is 0.456 e. The van der Waals surface area contributed by atoms with Gasteiger partial charge >= 0.3 is 0 Å². The molecule has 7 aromatic carbocycles. The minimum absolute atomic E-state index is 0.619. The zero-order valence-electron chi connectivity index (χ0n) is 24.4. The second kappa shape index (κ2) is 9.80. The zero-order valence-corrected chi connectivity index (χ0v) is 25.3. The molecule has 0 amide bonds. The van der Waals surface area contributed by atoms with Crippen LogP contribution >= 0.6 is 11.3 Å². The Hall–Kier alpha value is -5.91. The van der Waals surface area contributed by atoms with Crippen molar-refractivity contribution in [1.29, 1.82) is 0 Å². The molecule has 0 fully saturated rings. The van der Waals surface area contributed by atoms with Gasteiger partial charge in [0.15, 0.2) is 17.5 Å². The molecule has 0 atom stereocenters. The number of aromatic nitrogens is 3. The molecule has 10 aromatic rings. The van der Waals surface area contributed by atoms with E-state index in [1.165, 1.54) is 41.7 Å². The molecule has 0 aliphatic carbocycles. The summed E-state index contributed by atoms with van der Waals surface area (Å²) in [5, 5.41) is 9.42. The van der Waals surface area contributed by atoms with Gasteiger partial charge in [0.2, 0.25) is 0 Å². The molecule has 0 N–H and O–H groups in total. The number of benzene rings is 7. The number of rotatable bonds is 3. The van der Waals surface area contributed by atoms with Gasteiger partial charge in [-0.15, -0.1) is 11.3 Å². The second-order valence-electron chi connectivity index (χ2n) is 11.6. The molecule has 0 unspecified atom stereocenters. The molecule has 214 valence electrons. The molecule has 3 aromatic heterocycles. The number of fused-ring (bicyclic) bond motifs is 9. The van der Waals surface area contributed by atoms with E-state index in [1.807, 2.05) is 59.9 Å². The number of hydrogen-bond acceptors (Lipinski definition) is 5. The van der Waals surface area contributed by atoms with Crippen molar-refractivity contribution < 1.29 is 4.42 Å². The van der Waals surface area contributed by atoms with Crippen LogP contribution in [0.5, 0.6) is 0 Å². The molecule has 0 spiro atoms. The molecular weight excluding hydrogens is 583 g/mol. The van der Waals surface area contributed by atoms with E-state index in [0.29, 0.717) is 17.5 Å². The first-order chi connectivity index (χ1) is 22.8. The van der Waals surface area contributed by atoms with E-state index < -0.39 is 0 Å². The van der Waals surface area contributed by atoms with Gasteiger partial charge in [0.05, 0.1) is 0 Å². The predicted molar refractivity (Wildman–Crippen MR) is 191 cm³/mol. The van der Waals surface area contributed by atoms with Crippen molar-refractivity contribution in [2.45, 2.75) is 0 Å². The number of para-hydroxylation sites is 1. The summed E-state index contributed by atoms with van der Waals surface area (Å²) in [7, 11) is 0. The van der Waals surface area contributed by atoms with Crippen molar-refractivity contribution in [3.63, 3.8) is 0 Å². The van der Waals surface area contributed by atoms with E-state index in [4.69, 9.17) is 19.4 Å². The Bertz CT molecular complexity index is 2820. The van der Waals surface area contributed by atoms with E-state index in [9.17, 15) is 0 Å². The fraction of sp³-hybridized carbons (Fsp3) is 0. The number of furan rings is 1. The molecule has 0 aliphatic heterocycles. The molecule has 10 rings (SSSR count). The summed E-state index contributed by atoms with van der Waals surface area (Å²) >= 11 is 1.81. The molecule has 46 heavy (non-hydrogen) atoms. The standard InChI is InChI=1S/C41H23N3OS/c1-2-11-25(12-3-1)39-42-40(29-15-8-18-34-37(29)28-14-6-7-17-33(28)45-34)44-41(43-39)30-16-9-19-35-38(30)32-23-31-26(22-36(32)46-35)21-20-24-10-4-5-13-27(24)31/h1-23H. The van der Waals surface area contributed by atoms with Gasteiger partial charge in [0.1, 0.15) is 11.2 Å². The van der Waals surface area contributed by atoms with Crippen LogP contribution in [0.2, 0.25) is 0 Å². The van der Waals surface area contributed by atoms with Crippen LogP contribution in [0.1, 0.15) is 0 Å². The average Bonchev–Trinajstić information content (AvgIpc) is 3.69. The lowest BCUT2D eigenvalue weighted by Gasteiger charge is -2.10. The molecule has 0 saturated heterocycles. The van der Waals surface area contributed by atoms with E-state index in [-0.39, 0.29) is 0 Å².